The van der Waals surface area contributed by atoms with Gasteiger partial charge in [-0.1, -0.05) is 38.4 Å². The zero-order chi connectivity index (χ0) is 32.6. The number of alkyl halides is 3. The predicted octanol–water partition coefficient (Wildman–Crippen LogP) is 8.33. The highest BCUT2D eigenvalue weighted by molar-refractivity contribution is 6.30. The molecule has 2 amide bonds. The van der Waals surface area contributed by atoms with E-state index < -0.39 is 29.1 Å². The largest absolute Gasteiger partial charge is 0.471 e. The van der Waals surface area contributed by atoms with E-state index in [1.54, 1.807) is 36.1 Å². The molecule has 8 nitrogen and oxygen atoms in total. The molecule has 4 rings (SSSR count). The van der Waals surface area contributed by atoms with Gasteiger partial charge in [-0.05, 0) is 87.9 Å². The highest BCUT2D eigenvalue weighted by Crippen LogP contribution is 2.35. The van der Waals surface area contributed by atoms with Crippen LogP contribution in [0.25, 0.3) is 11.0 Å². The van der Waals surface area contributed by atoms with Crippen LogP contribution in [0.2, 0.25) is 5.02 Å². The molecule has 3 aromatic rings. The summed E-state index contributed by atoms with van der Waals surface area (Å²) in [5.41, 5.74) is 1.50. The van der Waals surface area contributed by atoms with Crippen molar-refractivity contribution in [3.05, 3.63) is 53.1 Å². The number of nitrogens with one attached hydrogen (secondary N) is 1. The van der Waals surface area contributed by atoms with Gasteiger partial charge in [-0.25, -0.2) is 9.78 Å². The minimum absolute atomic E-state index is 0.0106. The van der Waals surface area contributed by atoms with E-state index in [-0.39, 0.29) is 18.7 Å². The summed E-state index contributed by atoms with van der Waals surface area (Å²) in [5.74, 6) is -1.31. The minimum Gasteiger partial charge on any atom is -0.444 e. The molecule has 1 unspecified atom stereocenters. The monoisotopic (exact) mass is 635 g/mol. The van der Waals surface area contributed by atoms with Gasteiger partial charge < -0.3 is 24.4 Å². The SMILES string of the molecule is CC(N(Cc1ccc2c(c1)nc(Nc1ccc(Cl)cc1)n2C1CCN(C(=O)OC(C)(C)C)CC1)C(=O)C(F)(F)F)C(C)(C)C. The van der Waals surface area contributed by atoms with Crippen LogP contribution in [-0.4, -0.2) is 62.3 Å². The Labute approximate surface area is 261 Å². The summed E-state index contributed by atoms with van der Waals surface area (Å²) in [5, 5.41) is 3.95. The van der Waals surface area contributed by atoms with Crippen LogP contribution in [-0.2, 0) is 16.1 Å². The maximum absolute atomic E-state index is 13.6. The van der Waals surface area contributed by atoms with E-state index in [2.05, 4.69) is 9.88 Å². The fourth-order valence-electron chi connectivity index (χ4n) is 5.21. The van der Waals surface area contributed by atoms with Gasteiger partial charge >= 0.3 is 18.2 Å². The Morgan fingerprint density at radius 1 is 1.05 bits per heavy atom. The van der Waals surface area contributed by atoms with Crippen LogP contribution in [0.5, 0.6) is 0 Å². The molecule has 1 aliphatic heterocycles. The maximum Gasteiger partial charge on any atom is 0.471 e. The van der Waals surface area contributed by atoms with E-state index in [1.165, 1.54) is 0 Å². The Morgan fingerprint density at radius 3 is 2.20 bits per heavy atom. The molecule has 1 atom stereocenters. The second-order valence-electron chi connectivity index (χ2n) is 13.4. The molecule has 0 bridgehead atoms. The zero-order valence-corrected chi connectivity index (χ0v) is 27.0. The van der Waals surface area contributed by atoms with Gasteiger partial charge in [-0.15, -0.1) is 0 Å². The Morgan fingerprint density at radius 2 is 1.66 bits per heavy atom. The maximum atomic E-state index is 13.6. The third kappa shape index (κ3) is 7.97. The van der Waals surface area contributed by atoms with E-state index in [0.717, 1.165) is 16.1 Å². The Balaban J connectivity index is 1.68. The molecule has 44 heavy (non-hydrogen) atoms. The van der Waals surface area contributed by atoms with E-state index in [4.69, 9.17) is 21.3 Å². The summed E-state index contributed by atoms with van der Waals surface area (Å²) < 4.78 is 48.4. The van der Waals surface area contributed by atoms with Crippen LogP contribution in [0.15, 0.2) is 42.5 Å². The highest BCUT2D eigenvalue weighted by Gasteiger charge is 2.45. The first-order chi connectivity index (χ1) is 20.3. The fourth-order valence-corrected chi connectivity index (χ4v) is 5.33. The molecule has 1 aromatic heterocycles. The van der Waals surface area contributed by atoms with E-state index in [9.17, 15) is 22.8 Å². The molecule has 0 saturated carbocycles. The number of anilines is 2. The van der Waals surface area contributed by atoms with Crippen molar-refractivity contribution >= 4 is 46.3 Å². The first-order valence-corrected chi connectivity index (χ1v) is 15.1. The average Bonchev–Trinajstić information content (AvgIpc) is 3.27. The van der Waals surface area contributed by atoms with Crippen LogP contribution in [0.3, 0.4) is 0 Å². The van der Waals surface area contributed by atoms with Crippen LogP contribution in [0, 0.1) is 5.41 Å². The summed E-state index contributed by atoms with van der Waals surface area (Å²) in [4.78, 5) is 32.6. The van der Waals surface area contributed by atoms with Crippen LogP contribution in [0.1, 0.15) is 72.9 Å². The number of carbonyl (C=O) groups excluding carboxylic acids is 2. The number of nitrogens with zero attached hydrogens (tertiary/aromatic N) is 4. The number of ether oxygens (including phenoxy) is 1. The van der Waals surface area contributed by atoms with Crippen molar-refractivity contribution in [3.8, 4) is 0 Å². The van der Waals surface area contributed by atoms with E-state index in [1.807, 2.05) is 59.7 Å². The van der Waals surface area contributed by atoms with Crippen molar-refractivity contribution in [2.75, 3.05) is 18.4 Å². The lowest BCUT2D eigenvalue weighted by Gasteiger charge is -2.38. The van der Waals surface area contributed by atoms with Gasteiger partial charge in [0.1, 0.15) is 5.60 Å². The molecular weight excluding hydrogens is 595 g/mol. The van der Waals surface area contributed by atoms with Crippen molar-refractivity contribution in [1.29, 1.82) is 0 Å². The molecule has 0 spiro atoms. The molecule has 1 N–H and O–H groups in total. The Kier molecular flexibility index (Phi) is 9.49. The van der Waals surface area contributed by atoms with Gasteiger partial charge in [0, 0.05) is 42.4 Å². The third-order valence-corrected chi connectivity index (χ3v) is 8.16. The molecule has 1 aliphatic rings. The molecule has 0 radical (unpaired) electrons. The summed E-state index contributed by atoms with van der Waals surface area (Å²) >= 11 is 6.08. The lowest BCUT2D eigenvalue weighted by atomic mass is 9.86. The van der Waals surface area contributed by atoms with Gasteiger partial charge in [0.15, 0.2) is 0 Å². The number of piperidine rings is 1. The lowest BCUT2D eigenvalue weighted by Crippen LogP contribution is -2.50. The van der Waals surface area contributed by atoms with E-state index >= 15 is 0 Å². The molecule has 1 fully saturated rings. The third-order valence-electron chi connectivity index (χ3n) is 7.91. The molecule has 12 heteroatoms. The summed E-state index contributed by atoms with van der Waals surface area (Å²) in [7, 11) is 0. The number of hydrogen-bond acceptors (Lipinski definition) is 5. The number of hydrogen-bond donors (Lipinski definition) is 1. The van der Waals surface area contributed by atoms with Crippen molar-refractivity contribution in [3.63, 3.8) is 0 Å². The molecule has 240 valence electrons. The van der Waals surface area contributed by atoms with Crippen LogP contribution in [0.4, 0.5) is 29.6 Å². The summed E-state index contributed by atoms with van der Waals surface area (Å²) in [6.45, 7) is 13.3. The van der Waals surface area contributed by atoms with Gasteiger partial charge in [0.25, 0.3) is 0 Å². The number of benzene rings is 2. The fraction of sp³-hybridized carbons (Fsp3) is 0.531. The normalized spacial score (nSPS) is 15.8. The van der Waals surface area contributed by atoms with Gasteiger partial charge in [-0.3, -0.25) is 4.79 Å². The number of likely N-dealkylation sites (tertiary alicyclic amines) is 1. The number of imidazole rings is 1. The number of halogens is 4. The number of carbonyl (C=O) groups is 2. The Bertz CT molecular complexity index is 1480. The zero-order valence-electron chi connectivity index (χ0n) is 26.3. The predicted molar refractivity (Wildman–Crippen MR) is 166 cm³/mol. The second-order valence-corrected chi connectivity index (χ2v) is 13.9. The van der Waals surface area contributed by atoms with Crippen molar-refractivity contribution in [2.45, 2.75) is 91.7 Å². The lowest BCUT2D eigenvalue weighted by molar-refractivity contribution is -0.190. The number of fused-ring (bicyclic) bond motifs is 1. The average molecular weight is 636 g/mol. The number of amides is 2. The first-order valence-electron chi connectivity index (χ1n) is 14.7. The van der Waals surface area contributed by atoms with Gasteiger partial charge in [0.05, 0.1) is 11.0 Å². The Hall–Kier alpha value is -3.47. The molecular formula is C32H41ClF3N5O3. The summed E-state index contributed by atoms with van der Waals surface area (Å²) in [6, 6.07) is 11.8. The van der Waals surface area contributed by atoms with Gasteiger partial charge in [-0.2, -0.15) is 13.2 Å². The molecule has 2 heterocycles. The first kappa shape index (κ1) is 33.4. The van der Waals surface area contributed by atoms with Crippen molar-refractivity contribution in [1.82, 2.24) is 19.4 Å². The number of rotatable bonds is 6. The van der Waals surface area contributed by atoms with Crippen LogP contribution >= 0.6 is 11.6 Å². The standard InChI is InChI=1S/C32H41ClF3N5O3/c1-20(30(2,3)4)40(27(42)32(34,35)36)19-21-8-13-26-25(18-21)38-28(37-23-11-9-22(33)10-12-23)41(26)24-14-16-39(17-15-24)29(43)44-31(5,6)7/h8-13,18,20,24H,14-17,19H2,1-7H3,(H,37,38). The van der Waals surface area contributed by atoms with Crippen molar-refractivity contribution < 1.29 is 27.5 Å². The minimum atomic E-state index is -4.99. The topological polar surface area (TPSA) is 79.7 Å². The molecule has 2 aromatic carbocycles. The smallest absolute Gasteiger partial charge is 0.444 e. The van der Waals surface area contributed by atoms with E-state index in [0.29, 0.717) is 48.0 Å². The number of aromatic nitrogens is 2. The molecule has 1 saturated heterocycles. The summed E-state index contributed by atoms with van der Waals surface area (Å²) in [6.07, 6.45) is -4.04. The van der Waals surface area contributed by atoms with Crippen LogP contribution < -0.4 is 5.32 Å². The highest BCUT2D eigenvalue weighted by atomic mass is 35.5. The second kappa shape index (κ2) is 12.5. The molecule has 0 aliphatic carbocycles. The quantitative estimate of drug-likeness (QED) is 0.295. The van der Waals surface area contributed by atoms with Crippen molar-refractivity contribution in [2.24, 2.45) is 5.41 Å². The van der Waals surface area contributed by atoms with Gasteiger partial charge in [0.2, 0.25) is 5.95 Å².